The van der Waals surface area contributed by atoms with E-state index in [9.17, 15) is 0 Å². The average molecular weight is 445 g/mol. The molecule has 3 rings (SSSR count). The number of halogens is 1. The highest BCUT2D eigenvalue weighted by atomic mass is 127. The SMILES string of the molecule is CN=C(NCC1CCCO1)NC1CC(C)(C)Oc2ccccc21.I. The van der Waals surface area contributed by atoms with Gasteiger partial charge in [-0.1, -0.05) is 18.2 Å². The number of hydrogen-bond donors (Lipinski definition) is 2. The van der Waals surface area contributed by atoms with Crippen LogP contribution in [0.1, 0.15) is 44.7 Å². The minimum atomic E-state index is -0.195. The number of hydrogen-bond acceptors (Lipinski definition) is 3. The van der Waals surface area contributed by atoms with Crippen molar-refractivity contribution in [3.05, 3.63) is 29.8 Å². The fourth-order valence-electron chi connectivity index (χ4n) is 3.31. The Balaban J connectivity index is 0.00000208. The van der Waals surface area contributed by atoms with Gasteiger partial charge in [-0.25, -0.2) is 0 Å². The summed E-state index contributed by atoms with van der Waals surface area (Å²) < 4.78 is 11.7. The van der Waals surface area contributed by atoms with Gasteiger partial charge < -0.3 is 20.1 Å². The molecule has 2 aliphatic heterocycles. The number of para-hydroxylation sites is 1. The van der Waals surface area contributed by atoms with E-state index in [1.807, 2.05) is 12.1 Å². The van der Waals surface area contributed by atoms with Gasteiger partial charge in [0.1, 0.15) is 11.4 Å². The van der Waals surface area contributed by atoms with Gasteiger partial charge in [0, 0.05) is 32.2 Å². The highest BCUT2D eigenvalue weighted by Gasteiger charge is 2.34. The van der Waals surface area contributed by atoms with Crippen molar-refractivity contribution in [2.75, 3.05) is 20.2 Å². The Morgan fingerprint density at radius 3 is 2.83 bits per heavy atom. The Morgan fingerprint density at radius 1 is 1.33 bits per heavy atom. The fraction of sp³-hybridized carbons (Fsp3) is 0.611. The van der Waals surface area contributed by atoms with Crippen molar-refractivity contribution in [1.29, 1.82) is 0 Å². The predicted molar refractivity (Wildman–Crippen MR) is 107 cm³/mol. The molecule has 134 valence electrons. The molecule has 24 heavy (non-hydrogen) atoms. The number of benzene rings is 1. The molecular formula is C18H28IN3O2. The van der Waals surface area contributed by atoms with Crippen molar-refractivity contribution in [2.24, 2.45) is 4.99 Å². The van der Waals surface area contributed by atoms with E-state index in [-0.39, 0.29) is 35.6 Å². The maximum Gasteiger partial charge on any atom is 0.191 e. The average Bonchev–Trinajstić information content (AvgIpc) is 3.03. The van der Waals surface area contributed by atoms with Gasteiger partial charge in [0.15, 0.2) is 5.96 Å². The topological polar surface area (TPSA) is 54.9 Å². The van der Waals surface area contributed by atoms with Gasteiger partial charge in [-0.3, -0.25) is 4.99 Å². The van der Waals surface area contributed by atoms with E-state index in [0.717, 1.165) is 44.1 Å². The molecule has 2 heterocycles. The first-order chi connectivity index (χ1) is 11.1. The summed E-state index contributed by atoms with van der Waals surface area (Å²) in [5.41, 5.74) is 0.992. The number of guanidine groups is 1. The first-order valence-electron chi connectivity index (χ1n) is 8.44. The van der Waals surface area contributed by atoms with E-state index in [0.29, 0.717) is 6.10 Å². The lowest BCUT2D eigenvalue weighted by Gasteiger charge is -2.38. The Hall–Kier alpha value is -1.02. The zero-order valence-electron chi connectivity index (χ0n) is 14.7. The van der Waals surface area contributed by atoms with E-state index in [1.54, 1.807) is 7.05 Å². The molecule has 0 amide bonds. The monoisotopic (exact) mass is 445 g/mol. The molecule has 0 radical (unpaired) electrons. The Labute approximate surface area is 161 Å². The lowest BCUT2D eigenvalue weighted by molar-refractivity contribution is 0.0692. The molecule has 1 aromatic rings. The summed E-state index contributed by atoms with van der Waals surface area (Å²) in [7, 11) is 1.81. The molecule has 2 aliphatic rings. The third kappa shape index (κ3) is 4.75. The molecule has 1 aromatic carbocycles. The van der Waals surface area contributed by atoms with Crippen molar-refractivity contribution in [3.63, 3.8) is 0 Å². The van der Waals surface area contributed by atoms with E-state index >= 15 is 0 Å². The summed E-state index contributed by atoms with van der Waals surface area (Å²) >= 11 is 0. The molecule has 0 spiro atoms. The molecule has 0 bridgehead atoms. The number of fused-ring (bicyclic) bond motifs is 1. The van der Waals surface area contributed by atoms with Gasteiger partial charge in [-0.05, 0) is 32.8 Å². The van der Waals surface area contributed by atoms with Crippen LogP contribution in [0.4, 0.5) is 0 Å². The number of nitrogens with one attached hydrogen (secondary N) is 2. The zero-order chi connectivity index (χ0) is 16.3. The Bertz CT molecular complexity index is 571. The van der Waals surface area contributed by atoms with Crippen molar-refractivity contribution < 1.29 is 9.47 Å². The van der Waals surface area contributed by atoms with Crippen molar-refractivity contribution >= 4 is 29.9 Å². The second-order valence-corrected chi connectivity index (χ2v) is 6.89. The molecule has 1 saturated heterocycles. The molecule has 0 aliphatic carbocycles. The standard InChI is InChI=1S/C18H27N3O2.HI/c1-18(2)11-15(14-8-4-5-9-16(14)23-18)21-17(19-3)20-12-13-7-6-10-22-13;/h4-5,8-9,13,15H,6-7,10-12H2,1-3H3,(H2,19,20,21);1H. The Morgan fingerprint density at radius 2 is 2.12 bits per heavy atom. The lowest BCUT2D eigenvalue weighted by atomic mass is 9.90. The number of ether oxygens (including phenoxy) is 2. The summed E-state index contributed by atoms with van der Waals surface area (Å²) in [4.78, 5) is 4.36. The van der Waals surface area contributed by atoms with Crippen LogP contribution in [0.5, 0.6) is 5.75 Å². The van der Waals surface area contributed by atoms with Crippen LogP contribution in [0.25, 0.3) is 0 Å². The van der Waals surface area contributed by atoms with Crippen LogP contribution in [0.3, 0.4) is 0 Å². The summed E-state index contributed by atoms with van der Waals surface area (Å²) in [6.07, 6.45) is 3.47. The highest BCUT2D eigenvalue weighted by Crippen LogP contribution is 2.39. The van der Waals surface area contributed by atoms with Crippen LogP contribution in [0, 0.1) is 0 Å². The third-order valence-electron chi connectivity index (χ3n) is 4.43. The second kappa shape index (κ2) is 8.38. The van der Waals surface area contributed by atoms with Crippen molar-refractivity contribution in [2.45, 2.75) is 50.9 Å². The molecule has 6 heteroatoms. The summed E-state index contributed by atoms with van der Waals surface area (Å²) in [6, 6.07) is 8.41. The zero-order valence-corrected chi connectivity index (χ0v) is 17.0. The predicted octanol–water partition coefficient (Wildman–Crippen LogP) is 3.25. The van der Waals surface area contributed by atoms with E-state index in [2.05, 4.69) is 41.6 Å². The summed E-state index contributed by atoms with van der Waals surface area (Å²) in [5, 5.41) is 6.93. The molecular weight excluding hydrogens is 417 g/mol. The number of rotatable bonds is 3. The maximum atomic E-state index is 6.09. The molecule has 2 unspecified atom stereocenters. The van der Waals surface area contributed by atoms with E-state index in [4.69, 9.17) is 9.47 Å². The van der Waals surface area contributed by atoms with Crippen LogP contribution in [0.15, 0.2) is 29.3 Å². The molecule has 0 saturated carbocycles. The van der Waals surface area contributed by atoms with Gasteiger partial charge in [-0.2, -0.15) is 0 Å². The van der Waals surface area contributed by atoms with Crippen LogP contribution >= 0.6 is 24.0 Å². The first-order valence-corrected chi connectivity index (χ1v) is 8.44. The van der Waals surface area contributed by atoms with Crippen molar-refractivity contribution in [3.8, 4) is 5.75 Å². The Kier molecular flexibility index (Phi) is 6.74. The summed E-state index contributed by atoms with van der Waals surface area (Å²) in [5.74, 6) is 1.77. The van der Waals surface area contributed by atoms with Gasteiger partial charge in [0.25, 0.3) is 0 Å². The molecule has 5 nitrogen and oxygen atoms in total. The first kappa shape index (κ1) is 19.3. The number of aliphatic imine (C=N–C) groups is 1. The quantitative estimate of drug-likeness (QED) is 0.426. The van der Waals surface area contributed by atoms with E-state index < -0.39 is 0 Å². The highest BCUT2D eigenvalue weighted by molar-refractivity contribution is 14.0. The van der Waals surface area contributed by atoms with E-state index in [1.165, 1.54) is 5.56 Å². The third-order valence-corrected chi connectivity index (χ3v) is 4.43. The lowest BCUT2D eigenvalue weighted by Crippen LogP contribution is -2.46. The maximum absolute atomic E-state index is 6.09. The van der Waals surface area contributed by atoms with Crippen molar-refractivity contribution in [1.82, 2.24) is 10.6 Å². The molecule has 2 N–H and O–H groups in total. The van der Waals surface area contributed by atoms with Crippen LogP contribution in [-0.4, -0.2) is 37.9 Å². The minimum Gasteiger partial charge on any atom is -0.487 e. The molecule has 1 fully saturated rings. The number of nitrogens with zero attached hydrogens (tertiary/aromatic N) is 1. The van der Waals surface area contributed by atoms with Gasteiger partial charge in [0.05, 0.1) is 12.1 Å². The van der Waals surface area contributed by atoms with Gasteiger partial charge >= 0.3 is 0 Å². The normalized spacial score (nSPS) is 25.2. The molecule has 2 atom stereocenters. The van der Waals surface area contributed by atoms with Crippen LogP contribution in [0.2, 0.25) is 0 Å². The smallest absolute Gasteiger partial charge is 0.191 e. The summed E-state index contributed by atoms with van der Waals surface area (Å²) in [6.45, 7) is 5.92. The largest absolute Gasteiger partial charge is 0.487 e. The fourth-order valence-corrected chi connectivity index (χ4v) is 3.31. The molecule has 0 aromatic heterocycles. The van der Waals surface area contributed by atoms with Gasteiger partial charge in [0.2, 0.25) is 0 Å². The van der Waals surface area contributed by atoms with Gasteiger partial charge in [-0.15, -0.1) is 24.0 Å². The second-order valence-electron chi connectivity index (χ2n) is 6.89. The van der Waals surface area contributed by atoms with Crippen LogP contribution in [-0.2, 0) is 4.74 Å². The van der Waals surface area contributed by atoms with Crippen LogP contribution < -0.4 is 15.4 Å². The minimum absolute atomic E-state index is 0.